The number of amides is 1. The van der Waals surface area contributed by atoms with Crippen LogP contribution in [0.2, 0.25) is 0 Å². The van der Waals surface area contributed by atoms with Gasteiger partial charge in [0.15, 0.2) is 0 Å². The molecule has 4 nitrogen and oxygen atoms in total. The van der Waals surface area contributed by atoms with Gasteiger partial charge < -0.3 is 16.0 Å². The molecule has 0 unspecified atom stereocenters. The lowest BCUT2D eigenvalue weighted by Gasteiger charge is -2.26. The Kier molecular flexibility index (Phi) is 7.39. The SMILES string of the molecule is CCN(CC)CCCNC(=O)[C@@H](N)C(C)(C)C. The summed E-state index contributed by atoms with van der Waals surface area (Å²) < 4.78 is 0. The Morgan fingerprint density at radius 1 is 1.29 bits per heavy atom. The highest BCUT2D eigenvalue weighted by atomic mass is 16.2. The third kappa shape index (κ3) is 6.64. The molecule has 0 aromatic heterocycles. The van der Waals surface area contributed by atoms with Gasteiger partial charge in [-0.25, -0.2) is 0 Å². The summed E-state index contributed by atoms with van der Waals surface area (Å²) >= 11 is 0. The molecule has 3 N–H and O–H groups in total. The second-order valence-corrected chi connectivity index (χ2v) is 5.52. The van der Waals surface area contributed by atoms with Crippen molar-refractivity contribution >= 4 is 5.91 Å². The minimum Gasteiger partial charge on any atom is -0.355 e. The molecule has 0 aromatic rings. The van der Waals surface area contributed by atoms with Gasteiger partial charge in [-0.15, -0.1) is 0 Å². The van der Waals surface area contributed by atoms with Crippen molar-refractivity contribution in [1.82, 2.24) is 10.2 Å². The minimum atomic E-state index is -0.434. The first-order valence-corrected chi connectivity index (χ1v) is 6.58. The van der Waals surface area contributed by atoms with E-state index in [0.717, 1.165) is 26.1 Å². The largest absolute Gasteiger partial charge is 0.355 e. The molecule has 0 heterocycles. The molecular formula is C13H29N3O. The molecule has 1 amide bonds. The van der Waals surface area contributed by atoms with Gasteiger partial charge in [-0.1, -0.05) is 34.6 Å². The summed E-state index contributed by atoms with van der Waals surface area (Å²) in [6.07, 6.45) is 0.976. The van der Waals surface area contributed by atoms with E-state index in [0.29, 0.717) is 6.54 Å². The Morgan fingerprint density at radius 3 is 2.24 bits per heavy atom. The monoisotopic (exact) mass is 243 g/mol. The molecule has 0 radical (unpaired) electrons. The van der Waals surface area contributed by atoms with E-state index in [-0.39, 0.29) is 11.3 Å². The van der Waals surface area contributed by atoms with E-state index in [1.165, 1.54) is 0 Å². The Labute approximate surface area is 106 Å². The molecule has 0 aliphatic carbocycles. The molecule has 0 saturated carbocycles. The Morgan fingerprint density at radius 2 is 1.82 bits per heavy atom. The molecule has 0 bridgehead atoms. The molecule has 0 saturated heterocycles. The van der Waals surface area contributed by atoms with Crippen molar-refractivity contribution < 1.29 is 4.79 Å². The van der Waals surface area contributed by atoms with Crippen molar-refractivity contribution in [2.24, 2.45) is 11.1 Å². The van der Waals surface area contributed by atoms with Crippen molar-refractivity contribution in [2.75, 3.05) is 26.2 Å². The Balaban J connectivity index is 3.79. The second-order valence-electron chi connectivity index (χ2n) is 5.52. The zero-order valence-corrected chi connectivity index (χ0v) is 12.0. The highest BCUT2D eigenvalue weighted by Crippen LogP contribution is 2.16. The predicted molar refractivity (Wildman–Crippen MR) is 72.8 cm³/mol. The van der Waals surface area contributed by atoms with Gasteiger partial charge >= 0.3 is 0 Å². The lowest BCUT2D eigenvalue weighted by molar-refractivity contribution is -0.124. The molecule has 0 aromatic carbocycles. The fourth-order valence-corrected chi connectivity index (χ4v) is 1.56. The van der Waals surface area contributed by atoms with E-state index in [1.54, 1.807) is 0 Å². The number of hydrogen-bond donors (Lipinski definition) is 2. The molecular weight excluding hydrogens is 214 g/mol. The third-order valence-corrected chi connectivity index (χ3v) is 3.06. The summed E-state index contributed by atoms with van der Waals surface area (Å²) in [5.74, 6) is -0.0444. The molecule has 0 spiro atoms. The Hall–Kier alpha value is -0.610. The molecule has 4 heteroatoms. The van der Waals surface area contributed by atoms with E-state index in [1.807, 2.05) is 20.8 Å². The second kappa shape index (κ2) is 7.67. The summed E-state index contributed by atoms with van der Waals surface area (Å²) in [4.78, 5) is 14.1. The zero-order chi connectivity index (χ0) is 13.5. The topological polar surface area (TPSA) is 58.4 Å². The number of carbonyl (C=O) groups excluding carboxylic acids is 1. The highest BCUT2D eigenvalue weighted by Gasteiger charge is 2.26. The smallest absolute Gasteiger partial charge is 0.237 e. The number of nitrogens with zero attached hydrogens (tertiary/aromatic N) is 1. The summed E-state index contributed by atoms with van der Waals surface area (Å²) in [5, 5.41) is 2.90. The molecule has 0 aliphatic heterocycles. The normalized spacial score (nSPS) is 13.8. The number of nitrogens with two attached hydrogens (primary N) is 1. The van der Waals surface area contributed by atoms with Crippen LogP contribution in [0.4, 0.5) is 0 Å². The van der Waals surface area contributed by atoms with Gasteiger partial charge in [-0.3, -0.25) is 4.79 Å². The van der Waals surface area contributed by atoms with Crippen LogP contribution in [-0.2, 0) is 4.79 Å². The van der Waals surface area contributed by atoms with Gasteiger partial charge in [-0.2, -0.15) is 0 Å². The van der Waals surface area contributed by atoms with Crippen molar-refractivity contribution in [1.29, 1.82) is 0 Å². The van der Waals surface area contributed by atoms with Crippen LogP contribution in [0.15, 0.2) is 0 Å². The molecule has 0 fully saturated rings. The number of rotatable bonds is 7. The fourth-order valence-electron chi connectivity index (χ4n) is 1.56. The molecule has 17 heavy (non-hydrogen) atoms. The lowest BCUT2D eigenvalue weighted by Crippen LogP contribution is -2.49. The highest BCUT2D eigenvalue weighted by molar-refractivity contribution is 5.82. The fraction of sp³-hybridized carbons (Fsp3) is 0.923. The summed E-state index contributed by atoms with van der Waals surface area (Å²) in [6, 6.07) is -0.434. The average molecular weight is 243 g/mol. The Bertz CT molecular complexity index is 219. The molecule has 0 rings (SSSR count). The maximum absolute atomic E-state index is 11.7. The standard InChI is InChI=1S/C13H29N3O/c1-6-16(7-2)10-8-9-15-12(17)11(14)13(3,4)5/h11H,6-10,14H2,1-5H3,(H,15,17)/t11-/m1/s1. The van der Waals surface area contributed by atoms with E-state index in [9.17, 15) is 4.79 Å². The van der Waals surface area contributed by atoms with Crippen LogP contribution in [0, 0.1) is 5.41 Å². The lowest BCUT2D eigenvalue weighted by atomic mass is 9.87. The quantitative estimate of drug-likeness (QED) is 0.661. The van der Waals surface area contributed by atoms with Gasteiger partial charge in [0.25, 0.3) is 0 Å². The van der Waals surface area contributed by atoms with E-state index in [4.69, 9.17) is 5.73 Å². The minimum absolute atomic E-state index is 0.0444. The van der Waals surface area contributed by atoms with Crippen molar-refractivity contribution in [3.05, 3.63) is 0 Å². The molecule has 1 atom stereocenters. The summed E-state index contributed by atoms with van der Waals surface area (Å²) in [7, 11) is 0. The average Bonchev–Trinajstić information content (AvgIpc) is 2.26. The third-order valence-electron chi connectivity index (χ3n) is 3.06. The van der Waals surface area contributed by atoms with Gasteiger partial charge in [0.1, 0.15) is 0 Å². The summed E-state index contributed by atoms with van der Waals surface area (Å²) in [5.41, 5.74) is 5.69. The van der Waals surface area contributed by atoms with Crippen LogP contribution >= 0.6 is 0 Å². The first-order valence-electron chi connectivity index (χ1n) is 6.58. The van der Waals surface area contributed by atoms with Crippen LogP contribution in [-0.4, -0.2) is 43.0 Å². The maximum Gasteiger partial charge on any atom is 0.237 e. The predicted octanol–water partition coefficient (Wildman–Crippen LogP) is 1.21. The first-order chi connectivity index (χ1) is 7.82. The molecule has 102 valence electrons. The summed E-state index contributed by atoms with van der Waals surface area (Å²) in [6.45, 7) is 14.1. The van der Waals surface area contributed by atoms with E-state index < -0.39 is 6.04 Å². The van der Waals surface area contributed by atoms with Crippen LogP contribution in [0.1, 0.15) is 41.0 Å². The van der Waals surface area contributed by atoms with Crippen molar-refractivity contribution in [2.45, 2.75) is 47.1 Å². The van der Waals surface area contributed by atoms with Gasteiger partial charge in [0.05, 0.1) is 6.04 Å². The molecule has 0 aliphatic rings. The van der Waals surface area contributed by atoms with Crippen LogP contribution in [0.3, 0.4) is 0 Å². The van der Waals surface area contributed by atoms with Crippen LogP contribution < -0.4 is 11.1 Å². The maximum atomic E-state index is 11.7. The van der Waals surface area contributed by atoms with Crippen LogP contribution in [0.5, 0.6) is 0 Å². The van der Waals surface area contributed by atoms with Crippen molar-refractivity contribution in [3.63, 3.8) is 0 Å². The van der Waals surface area contributed by atoms with Crippen LogP contribution in [0.25, 0.3) is 0 Å². The number of carbonyl (C=O) groups is 1. The van der Waals surface area contributed by atoms with E-state index >= 15 is 0 Å². The zero-order valence-electron chi connectivity index (χ0n) is 12.0. The van der Waals surface area contributed by atoms with Gasteiger partial charge in [-0.05, 0) is 31.5 Å². The number of hydrogen-bond acceptors (Lipinski definition) is 3. The van der Waals surface area contributed by atoms with E-state index in [2.05, 4.69) is 24.1 Å². The van der Waals surface area contributed by atoms with Gasteiger partial charge in [0.2, 0.25) is 5.91 Å². The number of nitrogens with one attached hydrogen (secondary N) is 1. The van der Waals surface area contributed by atoms with Crippen molar-refractivity contribution in [3.8, 4) is 0 Å². The first kappa shape index (κ1) is 16.4. The van der Waals surface area contributed by atoms with Gasteiger partial charge in [0, 0.05) is 6.54 Å².